The molecule has 0 radical (unpaired) electrons. The van der Waals surface area contributed by atoms with Crippen molar-refractivity contribution in [2.45, 2.75) is 6.92 Å². The van der Waals surface area contributed by atoms with Gasteiger partial charge in [-0.2, -0.15) is 6.07 Å². The monoisotopic (exact) mass is 282 g/mol. The van der Waals surface area contributed by atoms with Crippen molar-refractivity contribution in [3.8, 4) is 0 Å². The fourth-order valence-corrected chi connectivity index (χ4v) is 1.31. The van der Waals surface area contributed by atoms with E-state index in [2.05, 4.69) is 43.3 Å². The molecule has 0 saturated carbocycles. The summed E-state index contributed by atoms with van der Waals surface area (Å²) < 4.78 is 0. The second-order valence-electron chi connectivity index (χ2n) is 2.88. The molecule has 74 valence electrons. The van der Waals surface area contributed by atoms with Gasteiger partial charge in [-0.15, -0.1) is 40.6 Å². The van der Waals surface area contributed by atoms with Gasteiger partial charge in [0.15, 0.2) is 0 Å². The number of aryl methyl sites for hydroxylation is 1. The van der Waals surface area contributed by atoms with Gasteiger partial charge in [0.25, 0.3) is 0 Å². The Morgan fingerprint density at radius 1 is 1.14 bits per heavy atom. The molecular weight excluding hydrogens is 274 g/mol. The van der Waals surface area contributed by atoms with E-state index in [1.807, 2.05) is 0 Å². The van der Waals surface area contributed by atoms with Gasteiger partial charge in [0, 0.05) is 0 Å². The van der Waals surface area contributed by atoms with Crippen LogP contribution < -0.4 is 0 Å². The van der Waals surface area contributed by atoms with Gasteiger partial charge in [-0.1, -0.05) is 13.0 Å². The Morgan fingerprint density at radius 3 is 2.29 bits per heavy atom. The van der Waals surface area contributed by atoms with Crippen molar-refractivity contribution in [1.29, 1.82) is 0 Å². The maximum atomic E-state index is 4.97. The first-order valence-corrected chi connectivity index (χ1v) is 10.5. The molecule has 0 amide bonds. The zero-order valence-electron chi connectivity index (χ0n) is 7.60. The number of rotatable bonds is 0. The van der Waals surface area contributed by atoms with E-state index >= 15 is 0 Å². The van der Waals surface area contributed by atoms with Crippen LogP contribution in [0.2, 0.25) is 0 Å². The fourth-order valence-electron chi connectivity index (χ4n) is 1.31. The van der Waals surface area contributed by atoms with E-state index < -0.39 is 14.7 Å². The van der Waals surface area contributed by atoms with Crippen molar-refractivity contribution in [3.05, 3.63) is 42.0 Å². The topological polar surface area (TPSA) is 0 Å². The number of benzene rings is 1. The van der Waals surface area contributed by atoms with E-state index in [4.69, 9.17) is 27.9 Å². The standard InChI is InChI=1S/C10H9.3ClH.Ti/c1-8-6-9-4-2-3-5-10(9)7-8;;;;/h2-7H,1H3;3*1H;/q-1;;;;+4/p-3. The Morgan fingerprint density at radius 2 is 1.71 bits per heavy atom. The molecule has 0 fully saturated rings. The molecule has 0 N–H and O–H groups in total. The van der Waals surface area contributed by atoms with Crippen LogP contribution in [0, 0.1) is 6.92 Å². The molecule has 0 nitrogen and oxygen atoms in total. The van der Waals surface area contributed by atoms with E-state index in [-0.39, 0.29) is 0 Å². The van der Waals surface area contributed by atoms with Gasteiger partial charge < -0.3 is 0 Å². The molecule has 0 unspecified atom stereocenters. The summed E-state index contributed by atoms with van der Waals surface area (Å²) in [4.78, 5) is 0. The predicted octanol–water partition coefficient (Wildman–Crippen LogP) is 4.93. The molecule has 0 atom stereocenters. The number of hydrogen-bond donors (Lipinski definition) is 0. The van der Waals surface area contributed by atoms with E-state index in [0.717, 1.165) is 0 Å². The normalized spacial score (nSPS) is 9.43. The second kappa shape index (κ2) is 6.10. The van der Waals surface area contributed by atoms with Crippen LogP contribution in [0.4, 0.5) is 0 Å². The summed E-state index contributed by atoms with van der Waals surface area (Å²) in [7, 11) is 14.9. The van der Waals surface area contributed by atoms with Crippen LogP contribution in [0.3, 0.4) is 0 Å². The Bertz CT molecular complexity index is 359. The summed E-state index contributed by atoms with van der Waals surface area (Å²) in [5, 5.41) is 2.69. The van der Waals surface area contributed by atoms with Gasteiger partial charge >= 0.3 is 42.6 Å². The number of hydrogen-bond acceptors (Lipinski definition) is 0. The summed E-state index contributed by atoms with van der Waals surface area (Å²) >= 11 is -1.92. The van der Waals surface area contributed by atoms with E-state index in [1.165, 1.54) is 16.3 Å². The van der Waals surface area contributed by atoms with Gasteiger partial charge in [-0.25, -0.2) is 0 Å². The van der Waals surface area contributed by atoms with Crippen LogP contribution >= 0.6 is 27.9 Å². The van der Waals surface area contributed by atoms with Crippen molar-refractivity contribution >= 4 is 38.7 Å². The third-order valence-corrected chi connectivity index (χ3v) is 1.76. The van der Waals surface area contributed by atoms with E-state index in [1.54, 1.807) is 0 Å². The molecule has 0 saturated heterocycles. The molecule has 2 aromatic rings. The molecular formula is C10H9Cl3Ti. The minimum absolute atomic E-state index is 1.35. The maximum absolute atomic E-state index is 4.97. The molecule has 0 spiro atoms. The molecule has 0 aliphatic carbocycles. The van der Waals surface area contributed by atoms with Crippen LogP contribution in [0.25, 0.3) is 10.8 Å². The molecule has 4 heteroatoms. The van der Waals surface area contributed by atoms with Gasteiger partial charge in [0.2, 0.25) is 0 Å². The molecule has 0 aromatic heterocycles. The number of halogens is 3. The van der Waals surface area contributed by atoms with Crippen LogP contribution in [0.5, 0.6) is 0 Å². The Labute approximate surface area is 102 Å². The first-order valence-electron chi connectivity index (χ1n) is 4.05. The van der Waals surface area contributed by atoms with E-state index in [0.29, 0.717) is 0 Å². The van der Waals surface area contributed by atoms with Crippen molar-refractivity contribution in [3.63, 3.8) is 0 Å². The molecule has 0 aliphatic rings. The van der Waals surface area contributed by atoms with Gasteiger partial charge in [0.1, 0.15) is 0 Å². The molecule has 2 aromatic carbocycles. The first kappa shape index (κ1) is 12.5. The fraction of sp³-hybridized carbons (Fsp3) is 0.100. The van der Waals surface area contributed by atoms with Gasteiger partial charge in [-0.05, 0) is 0 Å². The second-order valence-corrected chi connectivity index (χ2v) is 10.6. The Kier molecular flexibility index (Phi) is 5.44. The first-order chi connectivity index (χ1) is 6.59. The van der Waals surface area contributed by atoms with Crippen LogP contribution in [0.1, 0.15) is 5.56 Å². The summed E-state index contributed by atoms with van der Waals surface area (Å²) in [6.45, 7) is 2.12. The van der Waals surface area contributed by atoms with Crippen LogP contribution in [-0.2, 0) is 14.7 Å². The summed E-state index contributed by atoms with van der Waals surface area (Å²) in [5.74, 6) is 0. The summed E-state index contributed by atoms with van der Waals surface area (Å²) in [6.07, 6.45) is 0. The third kappa shape index (κ3) is 4.29. The van der Waals surface area contributed by atoms with Crippen molar-refractivity contribution in [1.82, 2.24) is 0 Å². The predicted molar refractivity (Wildman–Crippen MR) is 61.8 cm³/mol. The molecule has 0 heterocycles. The van der Waals surface area contributed by atoms with Crippen molar-refractivity contribution in [2.24, 2.45) is 0 Å². The molecule has 2 rings (SSSR count). The van der Waals surface area contributed by atoms with Gasteiger partial charge in [-0.3, -0.25) is 0 Å². The van der Waals surface area contributed by atoms with Crippen LogP contribution in [-0.4, -0.2) is 0 Å². The average Bonchev–Trinajstić information content (AvgIpc) is 2.42. The van der Waals surface area contributed by atoms with E-state index in [9.17, 15) is 0 Å². The number of fused-ring (bicyclic) bond motifs is 1. The van der Waals surface area contributed by atoms with Gasteiger partial charge in [0.05, 0.1) is 0 Å². The molecule has 14 heavy (non-hydrogen) atoms. The Balaban J connectivity index is 0.000000213. The average molecular weight is 283 g/mol. The molecule has 0 bridgehead atoms. The quantitative estimate of drug-likeness (QED) is 0.475. The zero-order valence-corrected chi connectivity index (χ0v) is 11.4. The van der Waals surface area contributed by atoms with Crippen LogP contribution in [0.15, 0.2) is 36.4 Å². The Hall–Kier alpha value is 0.414. The summed E-state index contributed by atoms with van der Waals surface area (Å²) in [6, 6.07) is 12.8. The SMILES string of the molecule is Cc1cc2ccccc2[cH-]1.[Cl][Ti+]([Cl])[Cl]. The molecule has 0 aliphatic heterocycles. The zero-order chi connectivity index (χ0) is 10.6. The van der Waals surface area contributed by atoms with Crippen molar-refractivity contribution in [2.75, 3.05) is 0 Å². The summed E-state index contributed by atoms with van der Waals surface area (Å²) in [5.41, 5.74) is 1.35. The minimum atomic E-state index is -1.92. The van der Waals surface area contributed by atoms with Crippen molar-refractivity contribution < 1.29 is 14.7 Å². The third-order valence-electron chi connectivity index (χ3n) is 1.76.